The summed E-state index contributed by atoms with van der Waals surface area (Å²) < 4.78 is 4.58. The van der Waals surface area contributed by atoms with Crippen LogP contribution < -0.4 is 0 Å². The highest BCUT2D eigenvalue weighted by Gasteiger charge is 2.26. The molecule has 102 valence electrons. The van der Waals surface area contributed by atoms with E-state index in [2.05, 4.69) is 4.74 Å². The third-order valence-corrected chi connectivity index (χ3v) is 2.24. The predicted molar refractivity (Wildman–Crippen MR) is 57.1 cm³/mol. The Bertz CT molecular complexity index is 299. The van der Waals surface area contributed by atoms with Crippen LogP contribution in [-0.4, -0.2) is 83.2 Å². The Morgan fingerprint density at radius 2 is 1.44 bits per heavy atom. The van der Waals surface area contributed by atoms with Crippen molar-refractivity contribution in [3.63, 3.8) is 0 Å². The predicted octanol–water partition coefficient (Wildman–Crippen LogP) is -1.92. The molecule has 9 nitrogen and oxygen atoms in total. The third kappa shape index (κ3) is 5.08. The van der Waals surface area contributed by atoms with Crippen molar-refractivity contribution in [2.75, 3.05) is 39.8 Å². The topological polar surface area (TPSA) is 111 Å². The van der Waals surface area contributed by atoms with Gasteiger partial charge in [0.1, 0.15) is 6.73 Å². The Hall–Kier alpha value is -1.71. The van der Waals surface area contributed by atoms with Crippen LogP contribution in [0.25, 0.3) is 0 Å². The van der Waals surface area contributed by atoms with Crippen molar-refractivity contribution in [2.24, 2.45) is 0 Å². The molecule has 0 spiro atoms. The number of carboxylic acid groups (broad SMARTS) is 2. The zero-order valence-electron chi connectivity index (χ0n) is 9.69. The van der Waals surface area contributed by atoms with Crippen molar-refractivity contribution in [1.29, 1.82) is 0 Å². The molecule has 18 heavy (non-hydrogen) atoms. The van der Waals surface area contributed by atoms with Crippen LogP contribution in [0.4, 0.5) is 0 Å². The summed E-state index contributed by atoms with van der Waals surface area (Å²) in [5, 5.41) is 17.4. The monoisotopic (exact) mass is 261 g/mol. The van der Waals surface area contributed by atoms with Gasteiger partial charge in [-0.25, -0.2) is 4.90 Å². The zero-order chi connectivity index (χ0) is 13.5. The van der Waals surface area contributed by atoms with E-state index >= 15 is 0 Å². The Labute approximate surface area is 103 Å². The molecule has 1 aliphatic heterocycles. The van der Waals surface area contributed by atoms with Crippen molar-refractivity contribution < 1.29 is 29.3 Å². The van der Waals surface area contributed by atoms with Crippen LogP contribution in [0.3, 0.4) is 0 Å². The Balaban J connectivity index is 2.56. The molecule has 0 atom stereocenters. The summed E-state index contributed by atoms with van der Waals surface area (Å²) in [5.41, 5.74) is 0. The van der Waals surface area contributed by atoms with Crippen LogP contribution in [-0.2, 0) is 19.1 Å². The van der Waals surface area contributed by atoms with Crippen LogP contribution in [0.5, 0.6) is 0 Å². The zero-order valence-corrected chi connectivity index (χ0v) is 9.69. The van der Waals surface area contributed by atoms with Crippen molar-refractivity contribution in [3.05, 3.63) is 0 Å². The first-order valence-electron chi connectivity index (χ1n) is 5.17. The molecule has 1 heterocycles. The molecular formula is C9H15N3O6. The van der Waals surface area contributed by atoms with Gasteiger partial charge in [-0.2, -0.15) is 0 Å². The highest BCUT2D eigenvalue weighted by molar-refractivity contribution is 5.69. The molecule has 0 unspecified atom stereocenters. The Morgan fingerprint density at radius 3 is 1.83 bits per heavy atom. The maximum absolute atomic E-state index is 10.6. The number of carbonyl (C=O) groups excluding carboxylic acids is 1. The number of carboxylic acids is 2. The first kappa shape index (κ1) is 14.4. The molecule has 0 aliphatic carbocycles. The smallest absolute Gasteiger partial charge is 0.317 e. The van der Waals surface area contributed by atoms with Gasteiger partial charge in [0.05, 0.1) is 33.1 Å². The van der Waals surface area contributed by atoms with Gasteiger partial charge in [-0.05, 0) is 0 Å². The van der Waals surface area contributed by atoms with Crippen LogP contribution in [0.1, 0.15) is 0 Å². The van der Waals surface area contributed by atoms with Crippen molar-refractivity contribution in [1.82, 2.24) is 14.7 Å². The molecule has 0 aromatic carbocycles. The SMILES string of the molecule is O=COCN1CN(CC(=O)O)CN(CC(=O)O)C1. The van der Waals surface area contributed by atoms with Gasteiger partial charge in [-0.1, -0.05) is 0 Å². The maximum atomic E-state index is 10.6. The molecule has 0 radical (unpaired) electrons. The molecule has 1 aliphatic rings. The summed E-state index contributed by atoms with van der Waals surface area (Å²) in [6.45, 7) is 0.734. The average molecular weight is 261 g/mol. The van der Waals surface area contributed by atoms with Crippen LogP contribution in [0.2, 0.25) is 0 Å². The van der Waals surface area contributed by atoms with Gasteiger partial charge in [0.25, 0.3) is 6.47 Å². The second kappa shape index (κ2) is 6.89. The average Bonchev–Trinajstić information content (AvgIpc) is 2.24. The van der Waals surface area contributed by atoms with Gasteiger partial charge < -0.3 is 14.9 Å². The number of hydrogen-bond acceptors (Lipinski definition) is 7. The quantitative estimate of drug-likeness (QED) is 0.506. The molecule has 0 aromatic rings. The molecular weight excluding hydrogens is 246 g/mol. The number of aliphatic carboxylic acids is 2. The van der Waals surface area contributed by atoms with Crippen molar-refractivity contribution in [3.8, 4) is 0 Å². The first-order chi connectivity index (χ1) is 8.51. The van der Waals surface area contributed by atoms with E-state index in [0.717, 1.165) is 0 Å². The van der Waals surface area contributed by atoms with E-state index in [1.54, 1.807) is 14.7 Å². The lowest BCUT2D eigenvalue weighted by molar-refractivity contribution is -0.152. The fourth-order valence-corrected chi connectivity index (χ4v) is 1.78. The van der Waals surface area contributed by atoms with Gasteiger partial charge in [0, 0.05) is 0 Å². The number of hydrogen-bond donors (Lipinski definition) is 2. The maximum Gasteiger partial charge on any atom is 0.317 e. The summed E-state index contributed by atoms with van der Waals surface area (Å²) in [6.07, 6.45) is 0. The molecule has 1 saturated heterocycles. The van der Waals surface area contributed by atoms with E-state index in [1.807, 2.05) is 0 Å². The molecule has 0 saturated carbocycles. The third-order valence-electron chi connectivity index (χ3n) is 2.24. The second-order valence-electron chi connectivity index (χ2n) is 3.93. The van der Waals surface area contributed by atoms with Crippen LogP contribution in [0, 0.1) is 0 Å². The minimum absolute atomic E-state index is 0.00423. The molecule has 0 bridgehead atoms. The summed E-state index contributed by atoms with van der Waals surface area (Å²) in [6, 6.07) is 0. The minimum atomic E-state index is -0.997. The van der Waals surface area contributed by atoms with Gasteiger partial charge in [-0.3, -0.25) is 24.2 Å². The van der Waals surface area contributed by atoms with Crippen LogP contribution >= 0.6 is 0 Å². The number of rotatable bonds is 7. The standard InChI is InChI=1S/C9H15N3O6/c13-7-18-6-12-4-10(1-8(14)15)3-11(5-12)2-9(16)17/h7H,1-6H2,(H,14,15)(H,16,17). The first-order valence-corrected chi connectivity index (χ1v) is 5.17. The van der Waals surface area contributed by atoms with Crippen molar-refractivity contribution in [2.45, 2.75) is 0 Å². The fraction of sp³-hybridized carbons (Fsp3) is 0.667. The summed E-state index contributed by atoms with van der Waals surface area (Å²) >= 11 is 0. The van der Waals surface area contributed by atoms with E-state index in [1.165, 1.54) is 0 Å². The Morgan fingerprint density at radius 1 is 1.00 bits per heavy atom. The summed E-state index contributed by atoms with van der Waals surface area (Å²) in [5.74, 6) is -1.99. The molecule has 0 amide bonds. The molecule has 0 aromatic heterocycles. The number of ether oxygens (including phenoxy) is 1. The lowest BCUT2D eigenvalue weighted by Gasteiger charge is -2.40. The second-order valence-corrected chi connectivity index (χ2v) is 3.93. The summed E-state index contributed by atoms with van der Waals surface area (Å²) in [4.78, 5) is 36.1. The van der Waals surface area contributed by atoms with Gasteiger partial charge >= 0.3 is 11.9 Å². The van der Waals surface area contributed by atoms with E-state index in [4.69, 9.17) is 10.2 Å². The highest BCUT2D eigenvalue weighted by Crippen LogP contribution is 2.06. The molecule has 2 N–H and O–H groups in total. The lowest BCUT2D eigenvalue weighted by Crippen LogP contribution is -2.57. The highest BCUT2D eigenvalue weighted by atomic mass is 16.5. The van der Waals surface area contributed by atoms with E-state index < -0.39 is 11.9 Å². The normalized spacial score (nSPS) is 18.4. The summed E-state index contributed by atoms with van der Waals surface area (Å²) in [7, 11) is 0. The lowest BCUT2D eigenvalue weighted by atomic mass is 10.4. The Kier molecular flexibility index (Phi) is 5.49. The number of nitrogens with zero attached hydrogens (tertiary/aromatic N) is 3. The largest absolute Gasteiger partial charge is 0.480 e. The van der Waals surface area contributed by atoms with E-state index in [9.17, 15) is 14.4 Å². The van der Waals surface area contributed by atoms with Crippen molar-refractivity contribution >= 4 is 18.4 Å². The van der Waals surface area contributed by atoms with E-state index in [0.29, 0.717) is 13.3 Å². The van der Waals surface area contributed by atoms with Gasteiger partial charge in [0.2, 0.25) is 0 Å². The van der Waals surface area contributed by atoms with Crippen LogP contribution in [0.15, 0.2) is 0 Å². The minimum Gasteiger partial charge on any atom is -0.480 e. The number of carbonyl (C=O) groups is 3. The van der Waals surface area contributed by atoms with Gasteiger partial charge in [0.15, 0.2) is 0 Å². The molecule has 9 heteroatoms. The molecule has 1 rings (SSSR count). The fourth-order valence-electron chi connectivity index (χ4n) is 1.78. The van der Waals surface area contributed by atoms with Gasteiger partial charge in [-0.15, -0.1) is 0 Å². The molecule has 1 fully saturated rings. The van der Waals surface area contributed by atoms with E-state index in [-0.39, 0.29) is 33.0 Å².